The van der Waals surface area contributed by atoms with E-state index in [9.17, 15) is 4.79 Å². The van der Waals surface area contributed by atoms with E-state index in [0.717, 1.165) is 34.4 Å². The average Bonchev–Trinajstić information content (AvgIpc) is 3.08. The van der Waals surface area contributed by atoms with Crippen molar-refractivity contribution in [2.24, 2.45) is 0 Å². The predicted octanol–water partition coefficient (Wildman–Crippen LogP) is 4.27. The number of benzene rings is 2. The van der Waals surface area contributed by atoms with Crippen molar-refractivity contribution in [3.63, 3.8) is 0 Å². The number of nitrogens with zero attached hydrogens (tertiary/aromatic N) is 1. The van der Waals surface area contributed by atoms with Crippen LogP contribution in [0.25, 0.3) is 10.9 Å². The maximum atomic E-state index is 12.1. The standard InChI is InChI=1S/C21H23NO4/c1-4-10-26-21(23)16-7-5-6-15(11-16)14-22-9-8-18-19(22)12-17(24-2)13-20(18)25-3/h5-9,11-13H,4,10,14H2,1-3H3. The van der Waals surface area contributed by atoms with Crippen molar-refractivity contribution in [2.75, 3.05) is 20.8 Å². The number of carbonyl (C=O) groups is 1. The van der Waals surface area contributed by atoms with Gasteiger partial charge in [-0.05, 0) is 30.2 Å². The lowest BCUT2D eigenvalue weighted by Crippen LogP contribution is -2.07. The minimum absolute atomic E-state index is 0.283. The third-order valence-electron chi connectivity index (χ3n) is 4.23. The van der Waals surface area contributed by atoms with Crippen LogP contribution in [0, 0.1) is 0 Å². The van der Waals surface area contributed by atoms with Gasteiger partial charge in [0.25, 0.3) is 0 Å². The molecule has 26 heavy (non-hydrogen) atoms. The number of hydrogen-bond acceptors (Lipinski definition) is 4. The molecule has 0 unspecified atom stereocenters. The smallest absolute Gasteiger partial charge is 0.338 e. The largest absolute Gasteiger partial charge is 0.497 e. The zero-order valence-corrected chi connectivity index (χ0v) is 15.3. The van der Waals surface area contributed by atoms with Gasteiger partial charge in [-0.15, -0.1) is 0 Å². The van der Waals surface area contributed by atoms with E-state index < -0.39 is 0 Å². The molecule has 0 bridgehead atoms. The Kier molecular flexibility index (Phi) is 5.46. The Hall–Kier alpha value is -2.95. The summed E-state index contributed by atoms with van der Waals surface area (Å²) in [5.41, 5.74) is 2.61. The zero-order valence-electron chi connectivity index (χ0n) is 15.3. The molecule has 1 aromatic heterocycles. The summed E-state index contributed by atoms with van der Waals surface area (Å²) in [7, 11) is 3.29. The third kappa shape index (κ3) is 3.67. The first-order valence-electron chi connectivity index (χ1n) is 8.63. The molecule has 0 aliphatic heterocycles. The van der Waals surface area contributed by atoms with Gasteiger partial charge < -0.3 is 18.8 Å². The van der Waals surface area contributed by atoms with Gasteiger partial charge in [0.1, 0.15) is 11.5 Å². The van der Waals surface area contributed by atoms with Crippen LogP contribution in [0.3, 0.4) is 0 Å². The van der Waals surface area contributed by atoms with Gasteiger partial charge in [0, 0.05) is 30.3 Å². The lowest BCUT2D eigenvalue weighted by atomic mass is 10.1. The molecular weight excluding hydrogens is 330 g/mol. The number of hydrogen-bond donors (Lipinski definition) is 0. The van der Waals surface area contributed by atoms with E-state index >= 15 is 0 Å². The van der Waals surface area contributed by atoms with Crippen LogP contribution in [0.2, 0.25) is 0 Å². The first-order valence-corrected chi connectivity index (χ1v) is 8.63. The van der Waals surface area contributed by atoms with E-state index in [0.29, 0.717) is 18.7 Å². The van der Waals surface area contributed by atoms with Gasteiger partial charge in [0.2, 0.25) is 0 Å². The summed E-state index contributed by atoms with van der Waals surface area (Å²) in [6.45, 7) is 3.04. The minimum atomic E-state index is -0.283. The Morgan fingerprint density at radius 3 is 2.65 bits per heavy atom. The van der Waals surface area contributed by atoms with Crippen molar-refractivity contribution in [2.45, 2.75) is 19.9 Å². The summed E-state index contributed by atoms with van der Waals surface area (Å²) in [6.07, 6.45) is 2.82. The first kappa shape index (κ1) is 17.9. The molecule has 5 heteroatoms. The van der Waals surface area contributed by atoms with Crippen LogP contribution in [-0.2, 0) is 11.3 Å². The van der Waals surface area contributed by atoms with E-state index in [1.165, 1.54) is 0 Å². The molecule has 0 radical (unpaired) electrons. The summed E-state index contributed by atoms with van der Waals surface area (Å²) in [5, 5.41) is 1.02. The van der Waals surface area contributed by atoms with E-state index in [1.54, 1.807) is 20.3 Å². The number of fused-ring (bicyclic) bond motifs is 1. The molecule has 136 valence electrons. The minimum Gasteiger partial charge on any atom is -0.497 e. The molecule has 3 rings (SSSR count). The van der Waals surface area contributed by atoms with Crippen molar-refractivity contribution in [1.82, 2.24) is 4.57 Å². The number of aromatic nitrogens is 1. The summed E-state index contributed by atoms with van der Waals surface area (Å²) in [6, 6.07) is 13.4. The van der Waals surface area contributed by atoms with E-state index in [2.05, 4.69) is 4.57 Å². The molecule has 0 saturated heterocycles. The molecular formula is C21H23NO4. The second-order valence-corrected chi connectivity index (χ2v) is 6.04. The Morgan fingerprint density at radius 2 is 1.92 bits per heavy atom. The van der Waals surface area contributed by atoms with Crippen molar-refractivity contribution >= 4 is 16.9 Å². The van der Waals surface area contributed by atoms with Crippen LogP contribution in [-0.4, -0.2) is 31.4 Å². The SMILES string of the molecule is CCCOC(=O)c1cccc(Cn2ccc3c(OC)cc(OC)cc32)c1. The molecule has 0 aliphatic carbocycles. The number of rotatable bonds is 7. The molecule has 0 spiro atoms. The fourth-order valence-corrected chi connectivity index (χ4v) is 2.93. The molecule has 2 aromatic carbocycles. The molecule has 0 saturated carbocycles. The molecule has 0 fully saturated rings. The van der Waals surface area contributed by atoms with Crippen molar-refractivity contribution < 1.29 is 19.0 Å². The zero-order chi connectivity index (χ0) is 18.5. The Bertz CT molecular complexity index is 914. The van der Waals surface area contributed by atoms with Gasteiger partial charge in [-0.1, -0.05) is 19.1 Å². The number of ether oxygens (including phenoxy) is 3. The number of esters is 1. The molecule has 0 aliphatic rings. The fraction of sp³-hybridized carbons (Fsp3) is 0.286. The maximum Gasteiger partial charge on any atom is 0.338 e. The average molecular weight is 353 g/mol. The van der Waals surface area contributed by atoms with Gasteiger partial charge >= 0.3 is 5.97 Å². The van der Waals surface area contributed by atoms with Gasteiger partial charge in [0.15, 0.2) is 0 Å². The second-order valence-electron chi connectivity index (χ2n) is 6.04. The van der Waals surface area contributed by atoms with Crippen LogP contribution in [0.15, 0.2) is 48.7 Å². The lowest BCUT2D eigenvalue weighted by molar-refractivity contribution is 0.0505. The summed E-state index contributed by atoms with van der Waals surface area (Å²) in [4.78, 5) is 12.1. The van der Waals surface area contributed by atoms with Crippen LogP contribution in [0.5, 0.6) is 11.5 Å². The highest BCUT2D eigenvalue weighted by Gasteiger charge is 2.11. The van der Waals surface area contributed by atoms with Crippen LogP contribution < -0.4 is 9.47 Å². The highest BCUT2D eigenvalue weighted by Crippen LogP contribution is 2.32. The predicted molar refractivity (Wildman–Crippen MR) is 101 cm³/mol. The van der Waals surface area contributed by atoms with Gasteiger partial charge in [-0.25, -0.2) is 4.79 Å². The Labute approximate surface area is 153 Å². The summed E-state index contributed by atoms with van der Waals surface area (Å²) < 4.78 is 18.2. The van der Waals surface area contributed by atoms with E-state index in [1.807, 2.05) is 49.5 Å². The number of carbonyl (C=O) groups excluding carboxylic acids is 1. The van der Waals surface area contributed by atoms with Crippen molar-refractivity contribution in [1.29, 1.82) is 0 Å². The second kappa shape index (κ2) is 7.95. The molecule has 0 N–H and O–H groups in total. The molecule has 0 amide bonds. The Balaban J connectivity index is 1.91. The third-order valence-corrected chi connectivity index (χ3v) is 4.23. The monoisotopic (exact) mass is 353 g/mol. The lowest BCUT2D eigenvalue weighted by Gasteiger charge is -2.10. The Morgan fingerprint density at radius 1 is 1.08 bits per heavy atom. The van der Waals surface area contributed by atoms with E-state index in [4.69, 9.17) is 14.2 Å². The van der Waals surface area contributed by atoms with Crippen LogP contribution >= 0.6 is 0 Å². The van der Waals surface area contributed by atoms with Gasteiger partial charge in [-0.3, -0.25) is 0 Å². The van der Waals surface area contributed by atoms with Crippen LogP contribution in [0.4, 0.5) is 0 Å². The quantitative estimate of drug-likeness (QED) is 0.595. The van der Waals surface area contributed by atoms with Crippen molar-refractivity contribution in [3.8, 4) is 11.5 Å². The van der Waals surface area contributed by atoms with Gasteiger partial charge in [-0.2, -0.15) is 0 Å². The molecule has 0 atom stereocenters. The van der Waals surface area contributed by atoms with Crippen molar-refractivity contribution in [3.05, 3.63) is 59.8 Å². The van der Waals surface area contributed by atoms with Gasteiger partial charge in [0.05, 0.1) is 31.9 Å². The summed E-state index contributed by atoms with van der Waals surface area (Å²) >= 11 is 0. The summed E-state index contributed by atoms with van der Waals surface area (Å²) in [5.74, 6) is 1.23. The maximum absolute atomic E-state index is 12.1. The van der Waals surface area contributed by atoms with Crippen LogP contribution in [0.1, 0.15) is 29.3 Å². The topological polar surface area (TPSA) is 49.7 Å². The normalized spacial score (nSPS) is 10.7. The molecule has 5 nitrogen and oxygen atoms in total. The number of methoxy groups -OCH3 is 2. The highest BCUT2D eigenvalue weighted by atomic mass is 16.5. The fourth-order valence-electron chi connectivity index (χ4n) is 2.93. The molecule has 1 heterocycles. The highest BCUT2D eigenvalue weighted by molar-refractivity contribution is 5.90. The van der Waals surface area contributed by atoms with E-state index in [-0.39, 0.29) is 5.97 Å². The molecule has 3 aromatic rings. The first-order chi connectivity index (χ1) is 12.7.